The zero-order chi connectivity index (χ0) is 24.2. The molecule has 35 heavy (non-hydrogen) atoms. The van der Waals surface area contributed by atoms with Crippen molar-refractivity contribution < 1.29 is 18.7 Å². The normalized spacial score (nSPS) is 11.1. The van der Waals surface area contributed by atoms with Gasteiger partial charge < -0.3 is 19.6 Å². The van der Waals surface area contributed by atoms with Crippen molar-refractivity contribution in [1.29, 1.82) is 0 Å². The number of methoxy groups -OCH3 is 1. The monoisotopic (exact) mass is 492 g/mol. The topological polar surface area (TPSA) is 110 Å². The molecule has 2 aromatic carbocycles. The Labute approximate surface area is 204 Å². The highest BCUT2D eigenvalue weighted by atomic mass is 32.2. The van der Waals surface area contributed by atoms with Crippen LogP contribution in [0.3, 0.4) is 0 Å². The van der Waals surface area contributed by atoms with Crippen molar-refractivity contribution in [1.82, 2.24) is 24.1 Å². The van der Waals surface area contributed by atoms with E-state index in [4.69, 9.17) is 9.15 Å². The number of halogens is 1. The molecule has 0 unspecified atom stereocenters. The Bertz CT molecular complexity index is 1450. The average molecular weight is 493 g/mol. The van der Waals surface area contributed by atoms with Crippen LogP contribution in [0.25, 0.3) is 28.5 Å². The second kappa shape index (κ2) is 10.0. The summed E-state index contributed by atoms with van der Waals surface area (Å²) in [5, 5.41) is 12.6. The summed E-state index contributed by atoms with van der Waals surface area (Å²) in [6, 6.07) is 13.3. The van der Waals surface area contributed by atoms with Crippen LogP contribution in [-0.4, -0.2) is 44.7 Å². The van der Waals surface area contributed by atoms with Crippen molar-refractivity contribution >= 4 is 23.7 Å². The molecule has 0 aliphatic carbocycles. The van der Waals surface area contributed by atoms with Gasteiger partial charge >= 0.3 is 5.84 Å². The fourth-order valence-electron chi connectivity index (χ4n) is 3.49. The van der Waals surface area contributed by atoms with Gasteiger partial charge in [-0.25, -0.2) is 14.4 Å². The Kier molecular flexibility index (Phi) is 6.51. The molecule has 0 bridgehead atoms. The van der Waals surface area contributed by atoms with Gasteiger partial charge in [0.05, 0.1) is 12.8 Å². The van der Waals surface area contributed by atoms with E-state index >= 15 is 0 Å². The van der Waals surface area contributed by atoms with Gasteiger partial charge in [-0.1, -0.05) is 0 Å². The van der Waals surface area contributed by atoms with Crippen molar-refractivity contribution in [2.45, 2.75) is 4.90 Å². The molecule has 3 aromatic heterocycles. The smallest absolute Gasteiger partial charge is 0.306 e. The molecule has 0 amide bonds. The van der Waals surface area contributed by atoms with E-state index in [0.29, 0.717) is 47.5 Å². The van der Waals surface area contributed by atoms with Crippen molar-refractivity contribution in [3.63, 3.8) is 0 Å². The number of imidazole rings is 1. The first-order valence-corrected chi connectivity index (χ1v) is 11.5. The molecule has 11 heteroatoms. The standard InChI is InChI=1S/C24H21FN6O3S/c1-33-20-14-15(2-7-18(20)25)21-22(31-12-13-34-24(31)30-21)19-8-9-26-23(29-19)27-10-11-28-35-17-5-3-16(32)4-6-17/h2-9,12-14,28,32H,10-11H2,1H3,(H,26,27,29). The maximum atomic E-state index is 14.0. The van der Waals surface area contributed by atoms with Crippen LogP contribution in [0.4, 0.5) is 10.3 Å². The molecule has 9 nitrogen and oxygen atoms in total. The summed E-state index contributed by atoms with van der Waals surface area (Å²) in [5.41, 5.74) is 2.56. The van der Waals surface area contributed by atoms with Crippen molar-refractivity contribution in [3.8, 4) is 34.1 Å². The van der Waals surface area contributed by atoms with E-state index in [1.54, 1.807) is 53.4 Å². The number of rotatable bonds is 9. The largest absolute Gasteiger partial charge is 0.508 e. The fraction of sp³-hybridized carbons (Fsp3) is 0.125. The summed E-state index contributed by atoms with van der Waals surface area (Å²) in [6.07, 6.45) is 4.96. The van der Waals surface area contributed by atoms with Gasteiger partial charge in [-0.2, -0.15) is 4.98 Å². The first kappa shape index (κ1) is 22.7. The summed E-state index contributed by atoms with van der Waals surface area (Å²) in [7, 11) is 1.42. The lowest BCUT2D eigenvalue weighted by Crippen LogP contribution is -2.17. The lowest BCUT2D eigenvalue weighted by atomic mass is 10.1. The van der Waals surface area contributed by atoms with Gasteiger partial charge in [0.2, 0.25) is 5.95 Å². The quantitative estimate of drug-likeness (QED) is 0.201. The Morgan fingerprint density at radius 2 is 1.97 bits per heavy atom. The number of hydrogen-bond donors (Lipinski definition) is 3. The molecular weight excluding hydrogens is 471 g/mol. The fourth-order valence-corrected chi connectivity index (χ4v) is 4.13. The van der Waals surface area contributed by atoms with Crippen molar-refractivity contribution in [3.05, 3.63) is 73.0 Å². The minimum Gasteiger partial charge on any atom is -0.508 e. The van der Waals surface area contributed by atoms with Crippen LogP contribution in [0, 0.1) is 5.82 Å². The number of phenolic OH excluding ortho intramolecular Hbond substituents is 1. The van der Waals surface area contributed by atoms with E-state index in [1.165, 1.54) is 25.1 Å². The van der Waals surface area contributed by atoms with Crippen LogP contribution >= 0.6 is 11.9 Å². The SMILES string of the molecule is COc1cc(-c2nc3occn3c2-c2ccnc(NCCNSc3ccc(O)cc3)n2)ccc1F. The van der Waals surface area contributed by atoms with Gasteiger partial charge in [-0.3, -0.25) is 9.12 Å². The maximum Gasteiger partial charge on any atom is 0.306 e. The number of benzene rings is 2. The summed E-state index contributed by atoms with van der Waals surface area (Å²) >= 11 is 1.47. The average Bonchev–Trinajstić information content (AvgIpc) is 3.47. The van der Waals surface area contributed by atoms with Gasteiger partial charge in [-0.05, 0) is 60.5 Å². The lowest BCUT2D eigenvalue weighted by Gasteiger charge is -2.09. The number of oxazole rings is 1. The van der Waals surface area contributed by atoms with Crippen LogP contribution in [0.15, 0.2) is 76.5 Å². The van der Waals surface area contributed by atoms with Gasteiger partial charge in [0, 0.05) is 35.9 Å². The molecule has 3 heterocycles. The van der Waals surface area contributed by atoms with Gasteiger partial charge in [-0.15, -0.1) is 0 Å². The van der Waals surface area contributed by atoms with Gasteiger partial charge in [0.15, 0.2) is 11.6 Å². The minimum atomic E-state index is -0.452. The van der Waals surface area contributed by atoms with E-state index < -0.39 is 5.82 Å². The molecule has 0 atom stereocenters. The Morgan fingerprint density at radius 1 is 1.11 bits per heavy atom. The van der Waals surface area contributed by atoms with Crippen LogP contribution in [-0.2, 0) is 0 Å². The van der Waals surface area contributed by atoms with E-state index in [1.807, 2.05) is 12.1 Å². The number of nitrogens with zero attached hydrogens (tertiary/aromatic N) is 4. The summed E-state index contributed by atoms with van der Waals surface area (Å²) < 4.78 is 29.6. The summed E-state index contributed by atoms with van der Waals surface area (Å²) in [5.74, 6) is 0.759. The van der Waals surface area contributed by atoms with Gasteiger partial charge in [0.1, 0.15) is 23.4 Å². The lowest BCUT2D eigenvalue weighted by molar-refractivity contribution is 0.387. The minimum absolute atomic E-state index is 0.126. The zero-order valence-corrected chi connectivity index (χ0v) is 19.4. The van der Waals surface area contributed by atoms with Crippen LogP contribution in [0.1, 0.15) is 0 Å². The second-order valence-corrected chi connectivity index (χ2v) is 8.36. The van der Waals surface area contributed by atoms with E-state index in [2.05, 4.69) is 25.0 Å². The van der Waals surface area contributed by atoms with Crippen LogP contribution in [0.5, 0.6) is 11.5 Å². The molecule has 178 valence electrons. The van der Waals surface area contributed by atoms with Gasteiger partial charge in [0.25, 0.3) is 0 Å². The molecule has 0 aliphatic heterocycles. The Morgan fingerprint density at radius 3 is 2.80 bits per heavy atom. The molecule has 3 N–H and O–H groups in total. The molecule has 5 rings (SSSR count). The molecule has 0 saturated carbocycles. The maximum absolute atomic E-state index is 14.0. The van der Waals surface area contributed by atoms with E-state index in [9.17, 15) is 9.50 Å². The number of aromatic hydroxyl groups is 1. The summed E-state index contributed by atoms with van der Waals surface area (Å²) in [4.78, 5) is 14.6. The predicted octanol–water partition coefficient (Wildman–Crippen LogP) is 4.61. The molecule has 5 aromatic rings. The number of nitrogens with one attached hydrogen (secondary N) is 2. The third-order valence-corrected chi connectivity index (χ3v) is 5.98. The van der Waals surface area contributed by atoms with E-state index in [0.717, 1.165) is 4.90 Å². The molecule has 0 fully saturated rings. The zero-order valence-electron chi connectivity index (χ0n) is 18.6. The van der Waals surface area contributed by atoms with Crippen molar-refractivity contribution in [2.24, 2.45) is 0 Å². The molecule has 0 aliphatic rings. The molecule has 0 saturated heterocycles. The Hall–Kier alpha value is -4.09. The van der Waals surface area contributed by atoms with Crippen molar-refractivity contribution in [2.75, 3.05) is 25.5 Å². The predicted molar refractivity (Wildman–Crippen MR) is 131 cm³/mol. The van der Waals surface area contributed by atoms with Crippen LogP contribution in [0.2, 0.25) is 0 Å². The molecule has 0 radical (unpaired) electrons. The second-order valence-electron chi connectivity index (χ2n) is 7.40. The number of hydrogen-bond acceptors (Lipinski definition) is 9. The number of fused-ring (bicyclic) bond motifs is 1. The highest BCUT2D eigenvalue weighted by Gasteiger charge is 2.20. The molecule has 0 spiro atoms. The van der Waals surface area contributed by atoms with Crippen LogP contribution < -0.4 is 14.8 Å². The third-order valence-electron chi connectivity index (χ3n) is 5.12. The number of aromatic nitrogens is 4. The number of phenols is 1. The first-order chi connectivity index (χ1) is 17.1. The Balaban J connectivity index is 1.34. The highest BCUT2D eigenvalue weighted by molar-refractivity contribution is 7.97. The van der Waals surface area contributed by atoms with E-state index in [-0.39, 0.29) is 11.5 Å². The number of anilines is 1. The number of ether oxygens (including phenoxy) is 1. The first-order valence-electron chi connectivity index (χ1n) is 10.7. The summed E-state index contributed by atoms with van der Waals surface area (Å²) in [6.45, 7) is 1.24. The molecular formula is C24H21FN6O3S. The third kappa shape index (κ3) is 4.91. The highest BCUT2D eigenvalue weighted by Crippen LogP contribution is 2.34.